The zero-order valence-corrected chi connectivity index (χ0v) is 24.9. The molecule has 41 heavy (non-hydrogen) atoms. The van der Waals surface area contributed by atoms with Crippen molar-refractivity contribution in [1.29, 1.82) is 0 Å². The van der Waals surface area contributed by atoms with Crippen LogP contribution in [0, 0.1) is 15.5 Å². The van der Waals surface area contributed by atoms with Crippen LogP contribution in [0.4, 0.5) is 10.6 Å². The quantitative estimate of drug-likeness (QED) is 0.263. The number of ether oxygens (including phenoxy) is 2. The van der Waals surface area contributed by atoms with Gasteiger partial charge in [-0.1, -0.05) is 60.7 Å². The van der Waals surface area contributed by atoms with E-state index in [0.29, 0.717) is 18.4 Å². The number of halogens is 1. The van der Waals surface area contributed by atoms with Crippen LogP contribution in [-0.2, 0) is 21.5 Å². The van der Waals surface area contributed by atoms with Crippen LogP contribution in [0.3, 0.4) is 0 Å². The maximum Gasteiger partial charge on any atom is 0.407 e. The lowest BCUT2D eigenvalue weighted by molar-refractivity contribution is -0.0372. The Morgan fingerprint density at radius 3 is 2.66 bits per heavy atom. The van der Waals surface area contributed by atoms with E-state index in [1.165, 1.54) is 5.56 Å². The van der Waals surface area contributed by atoms with E-state index in [-0.39, 0.29) is 24.3 Å². The third-order valence-corrected chi connectivity index (χ3v) is 9.70. The van der Waals surface area contributed by atoms with Crippen molar-refractivity contribution in [2.24, 2.45) is 11.8 Å². The van der Waals surface area contributed by atoms with E-state index in [1.807, 2.05) is 47.3 Å². The van der Waals surface area contributed by atoms with E-state index in [4.69, 9.17) is 24.5 Å². The van der Waals surface area contributed by atoms with Crippen LogP contribution in [0.2, 0.25) is 0 Å². The number of alkyl carbamates (subject to hydrolysis) is 1. The molecule has 3 aliphatic rings. The van der Waals surface area contributed by atoms with Gasteiger partial charge in [-0.15, -0.1) is 0 Å². The molecule has 4 aromatic rings. The van der Waals surface area contributed by atoms with Crippen molar-refractivity contribution in [1.82, 2.24) is 25.1 Å². The summed E-state index contributed by atoms with van der Waals surface area (Å²) in [5, 5.41) is 7.85. The minimum atomic E-state index is -0.381. The zero-order valence-electron chi connectivity index (χ0n) is 22.8. The maximum absolute atomic E-state index is 12.7. The fraction of sp³-hybridized carbons (Fsp3) is 0.419. The number of rotatable bonds is 7. The van der Waals surface area contributed by atoms with Gasteiger partial charge in [0.25, 0.3) is 0 Å². The van der Waals surface area contributed by atoms with Crippen LogP contribution < -0.4 is 10.2 Å². The third kappa shape index (κ3) is 5.05. The van der Waals surface area contributed by atoms with Crippen LogP contribution >= 0.6 is 22.6 Å². The Hall–Kier alpha value is -3.25. The van der Waals surface area contributed by atoms with Crippen LogP contribution in [0.1, 0.15) is 43.0 Å². The molecule has 7 rings (SSSR count). The summed E-state index contributed by atoms with van der Waals surface area (Å²) in [7, 11) is 0. The highest BCUT2D eigenvalue weighted by atomic mass is 127. The normalized spacial score (nSPS) is 25.5. The van der Waals surface area contributed by atoms with Crippen molar-refractivity contribution >= 4 is 45.7 Å². The number of aromatic nitrogens is 4. The highest BCUT2D eigenvalue weighted by Crippen LogP contribution is 2.63. The zero-order chi connectivity index (χ0) is 27.8. The number of carbonyl (C=O) groups is 1. The van der Waals surface area contributed by atoms with Gasteiger partial charge in [0.2, 0.25) is 0 Å². The van der Waals surface area contributed by atoms with E-state index in [0.717, 1.165) is 71.6 Å². The van der Waals surface area contributed by atoms with Crippen LogP contribution in [0.5, 0.6) is 0 Å². The molecule has 4 unspecified atom stereocenters. The Morgan fingerprint density at radius 1 is 1.07 bits per heavy atom. The lowest BCUT2D eigenvalue weighted by Gasteiger charge is -2.27. The molecule has 2 aromatic carbocycles. The number of amides is 1. The Balaban J connectivity index is 1.09. The van der Waals surface area contributed by atoms with E-state index in [1.54, 1.807) is 0 Å². The minimum Gasteiger partial charge on any atom is -0.445 e. The second-order valence-electron chi connectivity index (χ2n) is 11.2. The first kappa shape index (κ1) is 26.6. The van der Waals surface area contributed by atoms with Crippen LogP contribution in [0.25, 0.3) is 11.2 Å². The second kappa shape index (κ2) is 11.2. The fourth-order valence-corrected chi connectivity index (χ4v) is 7.47. The summed E-state index contributed by atoms with van der Waals surface area (Å²) in [6.45, 7) is 3.29. The molecule has 1 saturated carbocycles. The summed E-state index contributed by atoms with van der Waals surface area (Å²) >= 11 is 2.24. The number of carbonyl (C=O) groups excluding carboxylic acids is 1. The van der Waals surface area contributed by atoms with Crippen LogP contribution in [0.15, 0.2) is 66.9 Å². The summed E-state index contributed by atoms with van der Waals surface area (Å²) in [6.07, 6.45) is 5.57. The number of anilines is 1. The van der Waals surface area contributed by atoms with Crippen molar-refractivity contribution in [3.8, 4) is 0 Å². The Labute approximate surface area is 252 Å². The van der Waals surface area contributed by atoms with Gasteiger partial charge in [-0.2, -0.15) is 5.10 Å². The molecule has 4 atom stereocenters. The molecule has 1 N–H and O–H groups in total. The van der Waals surface area contributed by atoms with Gasteiger partial charge >= 0.3 is 6.09 Å². The number of fused-ring (bicyclic) bond motifs is 2. The minimum absolute atomic E-state index is 0.0908. The van der Waals surface area contributed by atoms with Gasteiger partial charge in [0, 0.05) is 31.7 Å². The summed E-state index contributed by atoms with van der Waals surface area (Å²) in [6, 6.07) is 20.4. The van der Waals surface area contributed by atoms with Gasteiger partial charge in [-0.25, -0.2) is 19.4 Å². The SMILES string of the molecule is O=C(NCC1(c2ccccc2)C2CCN(c3cnc4c(I)nn(C5CCCCO5)c4n3)CC21)OCc1ccccc1. The average Bonchev–Trinajstić information content (AvgIpc) is 3.57. The van der Waals surface area contributed by atoms with E-state index in [9.17, 15) is 4.79 Å². The lowest BCUT2D eigenvalue weighted by Crippen LogP contribution is -2.35. The third-order valence-electron chi connectivity index (χ3n) is 8.98. The van der Waals surface area contributed by atoms with Crippen molar-refractivity contribution in [2.45, 2.75) is 43.9 Å². The molecule has 10 heteroatoms. The molecule has 1 amide bonds. The van der Waals surface area contributed by atoms with Crippen molar-refractivity contribution in [3.63, 3.8) is 0 Å². The Kier molecular flexibility index (Phi) is 7.28. The molecule has 4 heterocycles. The summed E-state index contributed by atoms with van der Waals surface area (Å²) in [5.74, 6) is 1.74. The van der Waals surface area contributed by atoms with Gasteiger partial charge < -0.3 is 19.7 Å². The number of benzene rings is 2. The topological polar surface area (TPSA) is 94.4 Å². The van der Waals surface area contributed by atoms with Gasteiger partial charge in [-0.05, 0) is 71.2 Å². The fourth-order valence-electron chi connectivity index (χ4n) is 6.85. The summed E-state index contributed by atoms with van der Waals surface area (Å²) < 4.78 is 14.3. The average molecular weight is 665 g/mol. The van der Waals surface area contributed by atoms with Crippen molar-refractivity contribution in [3.05, 3.63) is 81.7 Å². The van der Waals surface area contributed by atoms with Gasteiger partial charge in [0.1, 0.15) is 17.9 Å². The van der Waals surface area contributed by atoms with Gasteiger partial charge in [-0.3, -0.25) is 0 Å². The summed E-state index contributed by atoms with van der Waals surface area (Å²) in [5.41, 5.74) is 3.71. The van der Waals surface area contributed by atoms with E-state index >= 15 is 0 Å². The lowest BCUT2D eigenvalue weighted by atomic mass is 9.91. The van der Waals surface area contributed by atoms with Gasteiger partial charge in [0.15, 0.2) is 15.6 Å². The molecule has 0 spiro atoms. The predicted octanol–water partition coefficient (Wildman–Crippen LogP) is 5.45. The Morgan fingerprint density at radius 2 is 1.88 bits per heavy atom. The number of nitrogens with zero attached hydrogens (tertiary/aromatic N) is 5. The molecular weight excluding hydrogens is 631 g/mol. The largest absolute Gasteiger partial charge is 0.445 e. The second-order valence-corrected chi connectivity index (χ2v) is 12.2. The van der Waals surface area contributed by atoms with E-state index < -0.39 is 0 Å². The number of nitrogens with one attached hydrogen (secondary N) is 1. The first-order valence-electron chi connectivity index (χ1n) is 14.4. The standard InChI is InChI=1S/C31H33IN6O3/c32-28-27-29(38(36-28)26-13-7-8-16-40-26)35-25(17-33-27)37-15-14-23-24(18-37)31(23,22-11-5-2-6-12-22)20-34-30(39)41-19-21-9-3-1-4-10-21/h1-6,9-12,17,23-24,26H,7-8,13-16,18-20H2,(H,34,39). The molecule has 2 aromatic heterocycles. The highest BCUT2D eigenvalue weighted by Gasteiger charge is 2.66. The number of piperidine rings is 1. The molecule has 2 aliphatic heterocycles. The van der Waals surface area contributed by atoms with E-state index in [2.05, 4.69) is 57.1 Å². The molecule has 212 valence electrons. The molecule has 9 nitrogen and oxygen atoms in total. The first-order valence-corrected chi connectivity index (χ1v) is 15.5. The smallest absolute Gasteiger partial charge is 0.407 e. The van der Waals surface area contributed by atoms with Gasteiger partial charge in [0.05, 0.1) is 6.20 Å². The predicted molar refractivity (Wildman–Crippen MR) is 163 cm³/mol. The summed E-state index contributed by atoms with van der Waals surface area (Å²) in [4.78, 5) is 24.9. The highest BCUT2D eigenvalue weighted by molar-refractivity contribution is 14.1. The molecule has 1 aliphatic carbocycles. The molecule has 2 saturated heterocycles. The van der Waals surface area contributed by atoms with Crippen LogP contribution in [-0.4, -0.2) is 52.1 Å². The number of hydrogen-bond donors (Lipinski definition) is 1. The monoisotopic (exact) mass is 664 g/mol. The van der Waals surface area contributed by atoms with Crippen molar-refractivity contribution in [2.75, 3.05) is 31.1 Å². The molecule has 0 bridgehead atoms. The first-order chi connectivity index (χ1) is 20.1. The maximum atomic E-state index is 12.7. The number of hydrogen-bond acceptors (Lipinski definition) is 7. The Bertz CT molecular complexity index is 1530. The molecular formula is C31H33IN6O3. The molecule has 0 radical (unpaired) electrons. The molecule has 3 fully saturated rings. The van der Waals surface area contributed by atoms with Crippen molar-refractivity contribution < 1.29 is 14.3 Å².